The molecule has 0 atom stereocenters. The molecule has 0 saturated heterocycles. The number of nitro benzene ring substituents is 1. The molecule has 146 valence electrons. The summed E-state index contributed by atoms with van der Waals surface area (Å²) in [4.78, 5) is 10.5. The van der Waals surface area contributed by atoms with E-state index in [0.29, 0.717) is 6.07 Å². The Kier molecular flexibility index (Phi) is 6.77. The molecular weight excluding hydrogens is 421 g/mol. The number of nitriles is 1. The van der Waals surface area contributed by atoms with Gasteiger partial charge in [-0.2, -0.15) is 18.4 Å². The van der Waals surface area contributed by atoms with E-state index in [-0.39, 0.29) is 45.9 Å². The SMILES string of the molecule is N#CCOC(=S)Cc1cc(Oc2ccc(C(F)(F)F)cc2Cl)ccc1[N+](=O)[O-]. The Morgan fingerprint density at radius 3 is 2.57 bits per heavy atom. The number of rotatable bonds is 6. The Morgan fingerprint density at radius 2 is 2.00 bits per heavy atom. The zero-order valence-corrected chi connectivity index (χ0v) is 15.4. The van der Waals surface area contributed by atoms with Crippen molar-refractivity contribution in [3.8, 4) is 17.6 Å². The second kappa shape index (κ2) is 8.86. The number of alkyl halides is 3. The Hall–Kier alpha value is -2.90. The predicted octanol–water partition coefficient (Wildman–Crippen LogP) is 5.47. The first-order chi connectivity index (χ1) is 13.1. The Balaban J connectivity index is 2.29. The van der Waals surface area contributed by atoms with Gasteiger partial charge in [0, 0.05) is 18.1 Å². The molecule has 0 N–H and O–H groups in total. The molecule has 0 amide bonds. The van der Waals surface area contributed by atoms with Crippen molar-refractivity contribution in [1.29, 1.82) is 5.26 Å². The van der Waals surface area contributed by atoms with Crippen LogP contribution in [0, 0.1) is 21.4 Å². The summed E-state index contributed by atoms with van der Waals surface area (Å²) in [7, 11) is 0. The first-order valence-corrected chi connectivity index (χ1v) is 8.25. The van der Waals surface area contributed by atoms with E-state index in [9.17, 15) is 23.3 Å². The molecule has 0 fully saturated rings. The summed E-state index contributed by atoms with van der Waals surface area (Å²) in [5.74, 6) is 0.0446. The van der Waals surface area contributed by atoms with E-state index in [1.165, 1.54) is 12.1 Å². The zero-order chi connectivity index (χ0) is 20.9. The van der Waals surface area contributed by atoms with Crippen LogP contribution in [0.5, 0.6) is 11.5 Å². The van der Waals surface area contributed by atoms with Crippen molar-refractivity contribution in [1.82, 2.24) is 0 Å². The minimum absolute atomic E-state index is 0.0330. The third-order valence-electron chi connectivity index (χ3n) is 3.37. The Morgan fingerprint density at radius 1 is 1.29 bits per heavy atom. The van der Waals surface area contributed by atoms with Gasteiger partial charge in [-0.3, -0.25) is 10.1 Å². The van der Waals surface area contributed by atoms with Crippen LogP contribution in [0.2, 0.25) is 5.02 Å². The van der Waals surface area contributed by atoms with Gasteiger partial charge in [0.2, 0.25) is 0 Å². The van der Waals surface area contributed by atoms with Crippen molar-refractivity contribution in [2.24, 2.45) is 0 Å². The smallest absolute Gasteiger partial charge is 0.416 e. The lowest BCUT2D eigenvalue weighted by atomic mass is 10.1. The summed E-state index contributed by atoms with van der Waals surface area (Å²) >= 11 is 10.8. The van der Waals surface area contributed by atoms with E-state index < -0.39 is 16.7 Å². The number of thiocarbonyl (C=S) groups is 1. The minimum Gasteiger partial charge on any atom is -0.472 e. The lowest BCUT2D eigenvalue weighted by molar-refractivity contribution is -0.385. The molecule has 0 heterocycles. The second-order valence-corrected chi connectivity index (χ2v) is 6.15. The molecule has 0 radical (unpaired) electrons. The zero-order valence-electron chi connectivity index (χ0n) is 13.8. The highest BCUT2D eigenvalue weighted by atomic mass is 35.5. The van der Waals surface area contributed by atoms with Crippen molar-refractivity contribution in [2.75, 3.05) is 6.61 Å². The summed E-state index contributed by atoms with van der Waals surface area (Å²) < 4.78 is 48.5. The van der Waals surface area contributed by atoms with Gasteiger partial charge >= 0.3 is 6.18 Å². The van der Waals surface area contributed by atoms with Crippen LogP contribution >= 0.6 is 23.8 Å². The summed E-state index contributed by atoms with van der Waals surface area (Å²) in [6.45, 7) is -0.302. The topological polar surface area (TPSA) is 85.4 Å². The van der Waals surface area contributed by atoms with Crippen molar-refractivity contribution in [2.45, 2.75) is 12.6 Å². The molecule has 28 heavy (non-hydrogen) atoms. The van der Waals surface area contributed by atoms with Gasteiger partial charge in [-0.1, -0.05) is 11.6 Å². The standard InChI is InChI=1S/C17H10ClF3N2O4S/c18-13-9-11(17(19,20)21)1-4-15(13)27-12-2-3-14(23(24)25)10(7-12)8-16(28)26-6-5-22/h1-4,7,9H,6,8H2. The van der Waals surface area contributed by atoms with Crippen LogP contribution < -0.4 is 4.74 Å². The highest BCUT2D eigenvalue weighted by molar-refractivity contribution is 7.80. The Labute approximate surface area is 167 Å². The molecule has 2 aromatic carbocycles. The fourth-order valence-corrected chi connectivity index (χ4v) is 2.58. The minimum atomic E-state index is -4.55. The molecular formula is C17H10ClF3N2O4S. The molecule has 0 aliphatic carbocycles. The van der Waals surface area contributed by atoms with E-state index in [2.05, 4.69) is 0 Å². The van der Waals surface area contributed by atoms with Gasteiger partial charge in [-0.05, 0) is 42.5 Å². The van der Waals surface area contributed by atoms with Crippen LogP contribution in [-0.2, 0) is 17.3 Å². The first-order valence-electron chi connectivity index (χ1n) is 7.46. The number of hydrogen-bond donors (Lipinski definition) is 0. The molecule has 2 aromatic rings. The number of nitrogens with zero attached hydrogens (tertiary/aromatic N) is 2. The number of benzene rings is 2. The number of ether oxygens (including phenoxy) is 2. The molecule has 0 aliphatic rings. The third kappa shape index (κ3) is 5.55. The molecule has 0 spiro atoms. The largest absolute Gasteiger partial charge is 0.472 e. The maximum atomic E-state index is 12.7. The quantitative estimate of drug-likeness (QED) is 0.343. The molecule has 6 nitrogen and oxygen atoms in total. The van der Waals surface area contributed by atoms with Crippen molar-refractivity contribution < 1.29 is 27.6 Å². The monoisotopic (exact) mass is 430 g/mol. The van der Waals surface area contributed by atoms with Crippen LogP contribution in [0.3, 0.4) is 0 Å². The van der Waals surface area contributed by atoms with E-state index >= 15 is 0 Å². The second-order valence-electron chi connectivity index (χ2n) is 5.29. The average Bonchev–Trinajstić information content (AvgIpc) is 2.60. The molecule has 0 aliphatic heterocycles. The maximum Gasteiger partial charge on any atom is 0.416 e. The van der Waals surface area contributed by atoms with Gasteiger partial charge in [0.15, 0.2) is 11.7 Å². The average molecular weight is 431 g/mol. The summed E-state index contributed by atoms with van der Waals surface area (Å²) in [6, 6.07) is 8.03. The number of nitro groups is 1. The fourth-order valence-electron chi connectivity index (χ4n) is 2.15. The highest BCUT2D eigenvalue weighted by Crippen LogP contribution is 2.37. The lowest BCUT2D eigenvalue weighted by Gasteiger charge is -2.12. The molecule has 0 saturated carbocycles. The lowest BCUT2D eigenvalue weighted by Crippen LogP contribution is -2.08. The van der Waals surface area contributed by atoms with Crippen LogP contribution in [0.1, 0.15) is 11.1 Å². The molecule has 2 rings (SSSR count). The van der Waals surface area contributed by atoms with Crippen LogP contribution in [0.25, 0.3) is 0 Å². The van der Waals surface area contributed by atoms with E-state index in [0.717, 1.165) is 18.2 Å². The predicted molar refractivity (Wildman–Crippen MR) is 97.5 cm³/mol. The first kappa shape index (κ1) is 21.4. The Bertz CT molecular complexity index is 960. The van der Waals surface area contributed by atoms with Gasteiger partial charge in [-0.25, -0.2) is 0 Å². The van der Waals surface area contributed by atoms with Crippen molar-refractivity contribution >= 4 is 34.6 Å². The molecule has 11 heteroatoms. The van der Waals surface area contributed by atoms with Gasteiger partial charge in [-0.15, -0.1) is 0 Å². The van der Waals surface area contributed by atoms with Gasteiger partial charge in [0.25, 0.3) is 5.69 Å². The molecule has 0 aromatic heterocycles. The van der Waals surface area contributed by atoms with Gasteiger partial charge in [0.05, 0.1) is 15.5 Å². The summed E-state index contributed by atoms with van der Waals surface area (Å²) in [6.07, 6.45) is -4.69. The maximum absolute atomic E-state index is 12.7. The van der Waals surface area contributed by atoms with Crippen LogP contribution in [-0.4, -0.2) is 16.6 Å². The third-order valence-corrected chi connectivity index (χ3v) is 3.92. The van der Waals surface area contributed by atoms with E-state index in [4.69, 9.17) is 38.6 Å². The van der Waals surface area contributed by atoms with Crippen LogP contribution in [0.15, 0.2) is 36.4 Å². The van der Waals surface area contributed by atoms with Crippen molar-refractivity contribution in [3.05, 3.63) is 62.7 Å². The normalized spacial score (nSPS) is 10.8. The highest BCUT2D eigenvalue weighted by Gasteiger charge is 2.31. The fraction of sp³-hybridized carbons (Fsp3) is 0.176. The molecule has 0 unspecified atom stereocenters. The van der Waals surface area contributed by atoms with Gasteiger partial charge < -0.3 is 9.47 Å². The summed E-state index contributed by atoms with van der Waals surface area (Å²) in [5, 5.41) is 19.3. The molecule has 0 bridgehead atoms. The van der Waals surface area contributed by atoms with Gasteiger partial charge in [0.1, 0.15) is 17.6 Å². The van der Waals surface area contributed by atoms with E-state index in [1.54, 1.807) is 6.07 Å². The van der Waals surface area contributed by atoms with E-state index in [1.807, 2.05) is 0 Å². The summed E-state index contributed by atoms with van der Waals surface area (Å²) in [5.41, 5.74) is -1.04. The number of halogens is 4. The van der Waals surface area contributed by atoms with Crippen LogP contribution in [0.4, 0.5) is 18.9 Å². The number of hydrogen-bond acceptors (Lipinski definition) is 6. The van der Waals surface area contributed by atoms with Crippen molar-refractivity contribution in [3.63, 3.8) is 0 Å².